The molecule has 20 heavy (non-hydrogen) atoms. The molecule has 0 saturated heterocycles. The van der Waals surface area contributed by atoms with Gasteiger partial charge in [-0.2, -0.15) is 0 Å². The Hall–Kier alpha value is -1.13. The molecule has 0 unspecified atom stereocenters. The van der Waals surface area contributed by atoms with Crippen LogP contribution in [0, 0.1) is 0 Å². The Balaban J connectivity index is 2.53. The zero-order chi connectivity index (χ0) is 14.9. The van der Waals surface area contributed by atoms with Crippen LogP contribution in [0.2, 0.25) is 5.15 Å². The van der Waals surface area contributed by atoms with E-state index in [-0.39, 0.29) is 0 Å². The summed E-state index contributed by atoms with van der Waals surface area (Å²) in [5.41, 5.74) is 0.601. The van der Waals surface area contributed by atoms with Crippen molar-refractivity contribution in [1.82, 2.24) is 14.3 Å². The standard InChI is InChI=1S/C13H17ClN3O2P/c1-16(2)20(18,17(3)4)19-11-7-5-6-10-8-9-12(14)15-13(10)11/h5-9H,1-4H3. The number of aromatic nitrogens is 1. The molecule has 7 heteroatoms. The second-order valence-electron chi connectivity index (χ2n) is 4.74. The SMILES string of the molecule is CN(C)P(=O)(Oc1cccc2ccc(Cl)nc12)N(C)C. The molecule has 0 fully saturated rings. The summed E-state index contributed by atoms with van der Waals surface area (Å²) in [6, 6.07) is 9.05. The fraction of sp³-hybridized carbons (Fsp3) is 0.308. The van der Waals surface area contributed by atoms with E-state index in [2.05, 4.69) is 4.98 Å². The van der Waals surface area contributed by atoms with E-state index in [0.29, 0.717) is 16.4 Å². The van der Waals surface area contributed by atoms with Crippen molar-refractivity contribution in [1.29, 1.82) is 0 Å². The van der Waals surface area contributed by atoms with Gasteiger partial charge in [-0.3, -0.25) is 0 Å². The van der Waals surface area contributed by atoms with Gasteiger partial charge in [-0.25, -0.2) is 18.9 Å². The van der Waals surface area contributed by atoms with Crippen molar-refractivity contribution in [3.63, 3.8) is 0 Å². The zero-order valence-electron chi connectivity index (χ0n) is 11.9. The first kappa shape index (κ1) is 15.3. The van der Waals surface area contributed by atoms with Crippen LogP contribution in [0.1, 0.15) is 0 Å². The first-order valence-electron chi connectivity index (χ1n) is 6.05. The molecule has 2 rings (SSSR count). The molecule has 0 saturated carbocycles. The lowest BCUT2D eigenvalue weighted by Gasteiger charge is -2.29. The largest absolute Gasteiger partial charge is 0.419 e. The molecular formula is C13H17ClN3O2P. The van der Waals surface area contributed by atoms with E-state index in [1.54, 1.807) is 49.7 Å². The number of benzene rings is 1. The minimum absolute atomic E-state index is 0.373. The number of hydrogen-bond acceptors (Lipinski definition) is 3. The third-order valence-electron chi connectivity index (χ3n) is 2.88. The lowest BCUT2D eigenvalue weighted by molar-refractivity contribution is 0.355. The number of halogens is 1. The average Bonchev–Trinajstić information content (AvgIpc) is 2.38. The molecule has 2 aromatic rings. The lowest BCUT2D eigenvalue weighted by Crippen LogP contribution is -2.24. The van der Waals surface area contributed by atoms with E-state index in [4.69, 9.17) is 16.1 Å². The highest BCUT2D eigenvalue weighted by atomic mass is 35.5. The molecule has 0 bridgehead atoms. The van der Waals surface area contributed by atoms with Crippen LogP contribution >= 0.6 is 19.3 Å². The second kappa shape index (κ2) is 5.70. The monoisotopic (exact) mass is 313 g/mol. The summed E-state index contributed by atoms with van der Waals surface area (Å²) >= 11 is 5.93. The van der Waals surface area contributed by atoms with E-state index in [1.807, 2.05) is 18.2 Å². The average molecular weight is 314 g/mol. The fourth-order valence-corrected chi connectivity index (χ4v) is 3.41. The topological polar surface area (TPSA) is 45.7 Å². The fourth-order valence-electron chi connectivity index (χ4n) is 1.82. The number of nitrogens with zero attached hydrogens (tertiary/aromatic N) is 3. The van der Waals surface area contributed by atoms with Crippen molar-refractivity contribution in [3.05, 3.63) is 35.5 Å². The Labute approximate surface area is 123 Å². The predicted molar refractivity (Wildman–Crippen MR) is 82.4 cm³/mol. The van der Waals surface area contributed by atoms with Gasteiger partial charge in [-0.1, -0.05) is 23.7 Å². The Kier molecular flexibility index (Phi) is 4.35. The molecule has 0 N–H and O–H groups in total. The normalized spacial score (nSPS) is 12.3. The third kappa shape index (κ3) is 2.81. The van der Waals surface area contributed by atoms with Gasteiger partial charge in [0, 0.05) is 5.39 Å². The molecule has 0 aliphatic carbocycles. The maximum Gasteiger partial charge on any atom is 0.394 e. The predicted octanol–water partition coefficient (Wildman–Crippen LogP) is 3.50. The Morgan fingerprint density at radius 3 is 2.35 bits per heavy atom. The van der Waals surface area contributed by atoms with Crippen LogP contribution < -0.4 is 4.52 Å². The van der Waals surface area contributed by atoms with Crippen LogP contribution in [0.25, 0.3) is 10.9 Å². The van der Waals surface area contributed by atoms with Crippen molar-refractivity contribution in [2.24, 2.45) is 0 Å². The number of para-hydroxylation sites is 1. The van der Waals surface area contributed by atoms with Gasteiger partial charge in [0.15, 0.2) is 5.75 Å². The lowest BCUT2D eigenvalue weighted by atomic mass is 10.2. The maximum atomic E-state index is 12.9. The van der Waals surface area contributed by atoms with E-state index in [9.17, 15) is 4.57 Å². The first-order chi connectivity index (χ1) is 9.34. The molecule has 0 aliphatic rings. The van der Waals surface area contributed by atoms with Gasteiger partial charge in [0.05, 0.1) is 0 Å². The molecule has 5 nitrogen and oxygen atoms in total. The Morgan fingerprint density at radius 1 is 1.10 bits per heavy atom. The third-order valence-corrected chi connectivity index (χ3v) is 5.54. The van der Waals surface area contributed by atoms with E-state index in [1.165, 1.54) is 0 Å². The van der Waals surface area contributed by atoms with Crippen LogP contribution in [0.4, 0.5) is 0 Å². The second-order valence-corrected chi connectivity index (χ2v) is 7.89. The van der Waals surface area contributed by atoms with E-state index >= 15 is 0 Å². The summed E-state index contributed by atoms with van der Waals surface area (Å²) in [7, 11) is 3.74. The summed E-state index contributed by atoms with van der Waals surface area (Å²) in [5.74, 6) is 0.454. The minimum atomic E-state index is -3.12. The number of fused-ring (bicyclic) bond motifs is 1. The molecule has 108 valence electrons. The van der Waals surface area contributed by atoms with Gasteiger partial charge in [0.2, 0.25) is 0 Å². The zero-order valence-corrected chi connectivity index (χ0v) is 13.5. The summed E-state index contributed by atoms with van der Waals surface area (Å²) in [6.45, 7) is 0. The maximum absolute atomic E-state index is 12.9. The van der Waals surface area contributed by atoms with Gasteiger partial charge in [-0.05, 0) is 46.4 Å². The van der Waals surface area contributed by atoms with Crippen LogP contribution in [0.5, 0.6) is 5.75 Å². The molecule has 0 atom stereocenters. The highest BCUT2D eigenvalue weighted by Gasteiger charge is 2.31. The molecule has 1 heterocycles. The summed E-state index contributed by atoms with van der Waals surface area (Å²) in [5, 5.41) is 1.26. The number of pyridine rings is 1. The van der Waals surface area contributed by atoms with E-state index < -0.39 is 7.67 Å². The van der Waals surface area contributed by atoms with Crippen molar-refractivity contribution in [3.8, 4) is 5.75 Å². The quantitative estimate of drug-likeness (QED) is 0.638. The van der Waals surface area contributed by atoms with Gasteiger partial charge in [-0.15, -0.1) is 0 Å². The highest BCUT2D eigenvalue weighted by molar-refractivity contribution is 7.54. The smallest absolute Gasteiger partial charge is 0.394 e. The number of hydrogen-bond donors (Lipinski definition) is 0. The van der Waals surface area contributed by atoms with Crippen LogP contribution in [-0.2, 0) is 4.57 Å². The first-order valence-corrected chi connectivity index (χ1v) is 7.96. The molecule has 0 radical (unpaired) electrons. The highest BCUT2D eigenvalue weighted by Crippen LogP contribution is 2.51. The van der Waals surface area contributed by atoms with Crippen molar-refractivity contribution in [2.45, 2.75) is 0 Å². The summed E-state index contributed by atoms with van der Waals surface area (Å²) < 4.78 is 21.8. The number of rotatable bonds is 4. The summed E-state index contributed by atoms with van der Waals surface area (Å²) in [4.78, 5) is 4.26. The molecule has 0 spiro atoms. The Morgan fingerprint density at radius 2 is 1.75 bits per heavy atom. The van der Waals surface area contributed by atoms with Gasteiger partial charge in [0.25, 0.3) is 0 Å². The molecule has 0 amide bonds. The van der Waals surface area contributed by atoms with Crippen LogP contribution in [0.3, 0.4) is 0 Å². The van der Waals surface area contributed by atoms with Gasteiger partial charge >= 0.3 is 7.67 Å². The molecule has 1 aromatic carbocycles. The van der Waals surface area contributed by atoms with Crippen LogP contribution in [-0.4, -0.2) is 42.5 Å². The Bertz CT molecular complexity index is 664. The van der Waals surface area contributed by atoms with Crippen LogP contribution in [0.15, 0.2) is 30.3 Å². The van der Waals surface area contributed by atoms with E-state index in [0.717, 1.165) is 5.39 Å². The van der Waals surface area contributed by atoms with Gasteiger partial charge < -0.3 is 4.52 Å². The molecule has 1 aromatic heterocycles. The minimum Gasteiger partial charge on any atom is -0.419 e. The summed E-state index contributed by atoms with van der Waals surface area (Å²) in [6.07, 6.45) is 0. The van der Waals surface area contributed by atoms with Crippen molar-refractivity contribution >= 4 is 30.2 Å². The van der Waals surface area contributed by atoms with Crippen molar-refractivity contribution < 1.29 is 9.09 Å². The molecular weight excluding hydrogens is 297 g/mol. The van der Waals surface area contributed by atoms with Gasteiger partial charge in [0.1, 0.15) is 10.7 Å². The molecule has 0 aliphatic heterocycles. The van der Waals surface area contributed by atoms with Crippen molar-refractivity contribution in [2.75, 3.05) is 28.2 Å².